The van der Waals surface area contributed by atoms with Gasteiger partial charge in [0.05, 0.1) is 17.0 Å². The van der Waals surface area contributed by atoms with Crippen LogP contribution in [-0.4, -0.2) is 57.5 Å². The van der Waals surface area contributed by atoms with Crippen LogP contribution in [0.15, 0.2) is 24.7 Å². The molecule has 0 bridgehead atoms. The summed E-state index contributed by atoms with van der Waals surface area (Å²) in [6.07, 6.45) is 11.4. The molecule has 0 aromatic carbocycles. The smallest absolute Gasteiger partial charge is 0.229 e. The molecular weight excluding hydrogens is 450 g/mol. The second-order valence-corrected chi connectivity index (χ2v) is 11.9. The van der Waals surface area contributed by atoms with Gasteiger partial charge in [-0.05, 0) is 70.4 Å². The fourth-order valence-electron chi connectivity index (χ4n) is 7.12. The van der Waals surface area contributed by atoms with Crippen molar-refractivity contribution in [3.63, 3.8) is 0 Å². The Morgan fingerprint density at radius 3 is 2.50 bits per heavy atom. The number of hydrogen-bond donors (Lipinski definition) is 0. The van der Waals surface area contributed by atoms with Crippen LogP contribution in [-0.2, 0) is 10.2 Å². The van der Waals surface area contributed by atoms with E-state index in [9.17, 15) is 10.1 Å². The number of carbonyl (C=O) groups is 1. The number of hydrogen-bond acceptors (Lipinski definition) is 7. The van der Waals surface area contributed by atoms with Gasteiger partial charge < -0.3 is 14.7 Å². The lowest BCUT2D eigenvalue weighted by atomic mass is 9.66. The van der Waals surface area contributed by atoms with E-state index >= 15 is 0 Å². The van der Waals surface area contributed by atoms with Crippen molar-refractivity contribution >= 4 is 23.4 Å². The summed E-state index contributed by atoms with van der Waals surface area (Å²) in [5.41, 5.74) is 1.83. The van der Waals surface area contributed by atoms with E-state index in [0.29, 0.717) is 17.4 Å². The molecule has 2 aromatic rings. The van der Waals surface area contributed by atoms with Crippen LogP contribution in [0.4, 0.5) is 17.5 Å². The maximum Gasteiger partial charge on any atom is 0.229 e. The van der Waals surface area contributed by atoms with E-state index in [1.165, 1.54) is 24.8 Å². The molecule has 36 heavy (non-hydrogen) atoms. The third kappa shape index (κ3) is 3.11. The summed E-state index contributed by atoms with van der Waals surface area (Å²) in [5, 5.41) is 9.42. The quantitative estimate of drug-likeness (QED) is 0.651. The van der Waals surface area contributed by atoms with Gasteiger partial charge in [-0.25, -0.2) is 15.0 Å². The van der Waals surface area contributed by atoms with Crippen molar-refractivity contribution in [2.75, 3.05) is 29.4 Å². The van der Waals surface area contributed by atoms with E-state index in [-0.39, 0.29) is 22.9 Å². The van der Waals surface area contributed by atoms with Crippen LogP contribution in [0.2, 0.25) is 0 Å². The van der Waals surface area contributed by atoms with E-state index in [1.807, 2.05) is 6.07 Å². The number of piperazine rings is 1. The number of fused-ring (bicyclic) bond motifs is 2. The van der Waals surface area contributed by atoms with Crippen molar-refractivity contribution in [1.82, 2.24) is 19.9 Å². The maximum atomic E-state index is 13.6. The molecule has 3 aliphatic carbocycles. The van der Waals surface area contributed by atoms with Crippen LogP contribution in [0.3, 0.4) is 0 Å². The van der Waals surface area contributed by atoms with Crippen LogP contribution in [0.25, 0.3) is 0 Å². The minimum absolute atomic E-state index is 0.0240. The molecule has 0 unspecified atom stereocenters. The first-order valence-corrected chi connectivity index (χ1v) is 13.5. The summed E-state index contributed by atoms with van der Waals surface area (Å²) < 4.78 is 0. The Balaban J connectivity index is 1.22. The van der Waals surface area contributed by atoms with Crippen molar-refractivity contribution in [2.45, 2.75) is 76.3 Å². The van der Waals surface area contributed by atoms with Gasteiger partial charge in [-0.2, -0.15) is 5.26 Å². The maximum absolute atomic E-state index is 13.6. The summed E-state index contributed by atoms with van der Waals surface area (Å²) in [4.78, 5) is 34.6. The number of rotatable bonds is 4. The molecule has 0 radical (unpaired) electrons. The van der Waals surface area contributed by atoms with Gasteiger partial charge in [0, 0.05) is 48.9 Å². The first-order chi connectivity index (χ1) is 17.5. The van der Waals surface area contributed by atoms with Gasteiger partial charge in [0.1, 0.15) is 23.8 Å². The number of pyridine rings is 1. The van der Waals surface area contributed by atoms with Crippen LogP contribution < -0.4 is 9.80 Å². The van der Waals surface area contributed by atoms with Gasteiger partial charge in [-0.15, -0.1) is 0 Å². The lowest BCUT2D eigenvalue weighted by molar-refractivity contribution is -0.141. The second kappa shape index (κ2) is 7.64. The van der Waals surface area contributed by atoms with Crippen LogP contribution in [0.1, 0.15) is 69.9 Å². The van der Waals surface area contributed by atoms with Crippen LogP contribution in [0, 0.1) is 22.7 Å². The SMILES string of the molecule is C[C@@H]1CN(c2ncnc3c2C2(CCC2)CN3c2cc(C#N)ccn2)[C@@H](C)CN1C(=O)C1(C2CC2)CC1. The number of aromatic nitrogens is 3. The summed E-state index contributed by atoms with van der Waals surface area (Å²) >= 11 is 0. The van der Waals surface area contributed by atoms with E-state index < -0.39 is 0 Å². The third-order valence-electron chi connectivity index (χ3n) is 9.61. The molecule has 0 N–H and O–H groups in total. The minimum Gasteiger partial charge on any atom is -0.350 e. The van der Waals surface area contributed by atoms with Gasteiger partial charge in [-0.1, -0.05) is 6.42 Å². The number of nitriles is 1. The van der Waals surface area contributed by atoms with Gasteiger partial charge in [0.2, 0.25) is 5.91 Å². The molecule has 2 atom stereocenters. The first kappa shape index (κ1) is 22.0. The Morgan fingerprint density at radius 2 is 1.83 bits per heavy atom. The molecule has 7 rings (SSSR count). The normalized spacial score (nSPS) is 27.4. The average molecular weight is 484 g/mol. The fourth-order valence-corrected chi connectivity index (χ4v) is 7.12. The monoisotopic (exact) mass is 483 g/mol. The standard InChI is InChI=1S/C28H33N7O/c1-18-15-34(26(36)28(9-10-28)21-4-5-21)19(2)14-33(18)24-23-25(32-17-31-24)35(16-27(23)7-3-8-27)22-12-20(13-29)6-11-30-22/h6,11-12,17-19,21H,3-5,7-10,14-16H2,1-2H3/t18-,19+/m0/s1. The lowest BCUT2D eigenvalue weighted by Gasteiger charge is -2.47. The second-order valence-electron chi connectivity index (χ2n) is 11.9. The zero-order chi connectivity index (χ0) is 24.7. The van der Waals surface area contributed by atoms with E-state index in [0.717, 1.165) is 62.8 Å². The summed E-state index contributed by atoms with van der Waals surface area (Å²) in [6.45, 7) is 6.78. The molecule has 8 nitrogen and oxygen atoms in total. The molecule has 5 aliphatic rings. The number of carbonyl (C=O) groups excluding carboxylic acids is 1. The highest BCUT2D eigenvalue weighted by molar-refractivity contribution is 5.87. The minimum atomic E-state index is -0.0340. The molecule has 1 saturated heterocycles. The number of nitrogens with zero attached hydrogens (tertiary/aromatic N) is 7. The Morgan fingerprint density at radius 1 is 1.06 bits per heavy atom. The van der Waals surface area contributed by atoms with Gasteiger partial charge in [-0.3, -0.25) is 4.79 Å². The highest BCUT2D eigenvalue weighted by atomic mass is 16.2. The predicted octanol–water partition coefficient (Wildman–Crippen LogP) is 3.93. The summed E-state index contributed by atoms with van der Waals surface area (Å²) in [7, 11) is 0. The fraction of sp³-hybridized carbons (Fsp3) is 0.607. The molecule has 4 heterocycles. The largest absolute Gasteiger partial charge is 0.350 e. The highest BCUT2D eigenvalue weighted by Gasteiger charge is 2.61. The van der Waals surface area contributed by atoms with Gasteiger partial charge in [0.25, 0.3) is 0 Å². The number of amides is 1. The van der Waals surface area contributed by atoms with Crippen LogP contribution in [0.5, 0.6) is 0 Å². The lowest BCUT2D eigenvalue weighted by Crippen LogP contribution is -2.60. The van der Waals surface area contributed by atoms with Crippen molar-refractivity contribution in [3.05, 3.63) is 35.8 Å². The highest BCUT2D eigenvalue weighted by Crippen LogP contribution is 2.62. The van der Waals surface area contributed by atoms with Gasteiger partial charge >= 0.3 is 0 Å². The van der Waals surface area contributed by atoms with E-state index in [4.69, 9.17) is 9.97 Å². The van der Waals surface area contributed by atoms with E-state index in [1.54, 1.807) is 18.6 Å². The first-order valence-electron chi connectivity index (χ1n) is 13.5. The van der Waals surface area contributed by atoms with Crippen molar-refractivity contribution < 1.29 is 4.79 Å². The zero-order valence-electron chi connectivity index (χ0n) is 21.2. The van der Waals surface area contributed by atoms with Gasteiger partial charge in [0.15, 0.2) is 0 Å². The van der Waals surface area contributed by atoms with Crippen LogP contribution >= 0.6 is 0 Å². The Kier molecular flexibility index (Phi) is 4.68. The Bertz CT molecular complexity index is 1270. The zero-order valence-corrected chi connectivity index (χ0v) is 21.2. The van der Waals surface area contributed by atoms with Crippen molar-refractivity contribution in [1.29, 1.82) is 5.26 Å². The average Bonchev–Trinajstić information content (AvgIpc) is 3.79. The molecule has 186 valence electrons. The number of anilines is 3. The molecule has 4 fully saturated rings. The third-order valence-corrected chi connectivity index (χ3v) is 9.61. The van der Waals surface area contributed by atoms with Crippen molar-refractivity contribution in [2.24, 2.45) is 11.3 Å². The molecular formula is C28H33N7O. The van der Waals surface area contributed by atoms with E-state index in [2.05, 4.69) is 39.6 Å². The molecule has 2 aromatic heterocycles. The molecule has 2 aliphatic heterocycles. The molecule has 8 heteroatoms. The molecule has 1 amide bonds. The Labute approximate surface area is 212 Å². The van der Waals surface area contributed by atoms with Crippen molar-refractivity contribution in [3.8, 4) is 6.07 Å². The topological polar surface area (TPSA) is 89.2 Å². The molecule has 3 saturated carbocycles. The summed E-state index contributed by atoms with van der Waals surface area (Å²) in [6, 6.07) is 6.17. The molecule has 1 spiro atoms. The predicted molar refractivity (Wildman–Crippen MR) is 136 cm³/mol. The Hall–Kier alpha value is -3.21. The summed E-state index contributed by atoms with van der Waals surface area (Å²) in [5.74, 6) is 3.75.